The van der Waals surface area contributed by atoms with Crippen LogP contribution < -0.4 is 16.8 Å². The van der Waals surface area contributed by atoms with E-state index in [1.807, 2.05) is 6.26 Å². The molecular weight excluding hydrogens is 234 g/mol. The molecule has 0 fully saturated rings. The van der Waals surface area contributed by atoms with Crippen LogP contribution in [0.25, 0.3) is 0 Å². The number of hydrogen-bond acceptors (Lipinski definition) is 4. The molecule has 4 nitrogen and oxygen atoms in total. The van der Waals surface area contributed by atoms with E-state index in [9.17, 15) is 4.79 Å². The van der Waals surface area contributed by atoms with Crippen LogP contribution in [-0.2, 0) is 0 Å². The predicted molar refractivity (Wildman–Crippen MR) is 75.2 cm³/mol. The molecule has 1 amide bonds. The van der Waals surface area contributed by atoms with Crippen LogP contribution in [0.15, 0.2) is 18.2 Å². The summed E-state index contributed by atoms with van der Waals surface area (Å²) in [5.41, 5.74) is 12.8. The van der Waals surface area contributed by atoms with Crippen molar-refractivity contribution in [1.82, 2.24) is 5.32 Å². The minimum Gasteiger partial charge on any atom is -0.399 e. The molecule has 0 unspecified atom stereocenters. The zero-order chi connectivity index (χ0) is 13.1. The molecule has 0 atom stereocenters. The van der Waals surface area contributed by atoms with E-state index < -0.39 is 0 Å². The second-order valence-corrected chi connectivity index (χ2v) is 6.05. The molecular formula is C12H19N3OS. The Bertz CT molecular complexity index is 398. The van der Waals surface area contributed by atoms with E-state index in [0.717, 1.165) is 0 Å². The molecule has 0 aromatic heterocycles. The quantitative estimate of drug-likeness (QED) is 0.714. The van der Waals surface area contributed by atoms with E-state index in [4.69, 9.17) is 11.5 Å². The van der Waals surface area contributed by atoms with Gasteiger partial charge in [-0.15, -0.1) is 0 Å². The number of nitrogens with one attached hydrogen (secondary N) is 1. The average molecular weight is 253 g/mol. The molecule has 94 valence electrons. The molecule has 0 saturated heterocycles. The van der Waals surface area contributed by atoms with Crippen LogP contribution in [0.4, 0.5) is 11.4 Å². The number of carbonyl (C=O) groups excluding carboxylic acids is 1. The Labute approximate surface area is 106 Å². The molecule has 1 aromatic rings. The highest BCUT2D eigenvalue weighted by molar-refractivity contribution is 7.99. The molecule has 17 heavy (non-hydrogen) atoms. The molecule has 0 spiro atoms. The Balaban J connectivity index is 2.70. The predicted octanol–water partition coefficient (Wildman–Crippen LogP) is 1.72. The third-order valence-corrected chi connectivity index (χ3v) is 3.72. The summed E-state index contributed by atoms with van der Waals surface area (Å²) in [6.07, 6.45) is 2.02. The van der Waals surface area contributed by atoms with Gasteiger partial charge in [-0.2, -0.15) is 11.8 Å². The Morgan fingerprint density at radius 1 is 1.29 bits per heavy atom. The van der Waals surface area contributed by atoms with Gasteiger partial charge in [0, 0.05) is 28.2 Å². The van der Waals surface area contributed by atoms with Gasteiger partial charge >= 0.3 is 0 Å². The summed E-state index contributed by atoms with van der Waals surface area (Å²) in [7, 11) is 0. The Kier molecular flexibility index (Phi) is 4.28. The van der Waals surface area contributed by atoms with Crippen molar-refractivity contribution in [3.63, 3.8) is 0 Å². The van der Waals surface area contributed by atoms with E-state index in [-0.39, 0.29) is 10.7 Å². The highest BCUT2D eigenvalue weighted by Crippen LogP contribution is 2.20. The molecule has 0 aliphatic heterocycles. The topological polar surface area (TPSA) is 81.1 Å². The summed E-state index contributed by atoms with van der Waals surface area (Å²) in [6.45, 7) is 4.75. The van der Waals surface area contributed by atoms with Gasteiger partial charge in [-0.3, -0.25) is 4.79 Å². The van der Waals surface area contributed by atoms with Crippen molar-refractivity contribution in [2.24, 2.45) is 0 Å². The minimum atomic E-state index is -0.147. The fraction of sp³-hybridized carbons (Fsp3) is 0.417. The number of carbonyl (C=O) groups is 1. The normalized spacial score (nSPS) is 11.2. The van der Waals surface area contributed by atoms with Gasteiger partial charge in [0.1, 0.15) is 0 Å². The second-order valence-electron chi connectivity index (χ2n) is 4.53. The van der Waals surface area contributed by atoms with Crippen LogP contribution in [0.1, 0.15) is 24.2 Å². The maximum Gasteiger partial charge on any atom is 0.251 e. The monoisotopic (exact) mass is 253 g/mol. The zero-order valence-corrected chi connectivity index (χ0v) is 11.2. The van der Waals surface area contributed by atoms with Crippen molar-refractivity contribution in [2.75, 3.05) is 24.3 Å². The van der Waals surface area contributed by atoms with Gasteiger partial charge < -0.3 is 16.8 Å². The van der Waals surface area contributed by atoms with Crippen molar-refractivity contribution < 1.29 is 4.79 Å². The Hall–Kier alpha value is -1.36. The third kappa shape index (κ3) is 4.19. The van der Waals surface area contributed by atoms with Gasteiger partial charge in [-0.1, -0.05) is 0 Å². The maximum atomic E-state index is 11.9. The summed E-state index contributed by atoms with van der Waals surface area (Å²) in [6, 6.07) is 4.87. The lowest BCUT2D eigenvalue weighted by Crippen LogP contribution is -2.36. The van der Waals surface area contributed by atoms with Gasteiger partial charge in [-0.25, -0.2) is 0 Å². The van der Waals surface area contributed by atoms with Crippen LogP contribution in [0.5, 0.6) is 0 Å². The van der Waals surface area contributed by atoms with Crippen LogP contribution in [0.2, 0.25) is 0 Å². The molecule has 0 aliphatic rings. The van der Waals surface area contributed by atoms with E-state index >= 15 is 0 Å². The molecule has 0 heterocycles. The summed E-state index contributed by atoms with van der Waals surface area (Å²) in [5.74, 6) is -0.147. The molecule has 1 rings (SSSR count). The summed E-state index contributed by atoms with van der Waals surface area (Å²) >= 11 is 1.71. The SMILES string of the molecule is CSC(C)(C)CNC(=O)c1cc(N)cc(N)c1. The molecule has 0 saturated carbocycles. The highest BCUT2D eigenvalue weighted by Gasteiger charge is 2.17. The first-order valence-electron chi connectivity index (χ1n) is 5.33. The van der Waals surface area contributed by atoms with Gasteiger partial charge in [0.2, 0.25) is 0 Å². The summed E-state index contributed by atoms with van der Waals surface area (Å²) in [5, 5.41) is 2.87. The number of benzene rings is 1. The van der Waals surface area contributed by atoms with Crippen molar-refractivity contribution >= 4 is 29.0 Å². The zero-order valence-electron chi connectivity index (χ0n) is 10.4. The third-order valence-electron chi connectivity index (χ3n) is 2.47. The van der Waals surface area contributed by atoms with Gasteiger partial charge in [-0.05, 0) is 38.3 Å². The van der Waals surface area contributed by atoms with E-state index in [0.29, 0.717) is 23.5 Å². The fourth-order valence-corrected chi connectivity index (χ4v) is 1.49. The average Bonchev–Trinajstić information content (AvgIpc) is 2.24. The number of nitrogen functional groups attached to an aromatic ring is 2. The van der Waals surface area contributed by atoms with Crippen LogP contribution in [0, 0.1) is 0 Å². The van der Waals surface area contributed by atoms with E-state index in [2.05, 4.69) is 19.2 Å². The second kappa shape index (κ2) is 5.31. The largest absolute Gasteiger partial charge is 0.399 e. The number of anilines is 2. The summed E-state index contributed by atoms with van der Waals surface area (Å²) in [4.78, 5) is 11.9. The van der Waals surface area contributed by atoms with Crippen molar-refractivity contribution in [1.29, 1.82) is 0 Å². The number of hydrogen-bond donors (Lipinski definition) is 3. The molecule has 0 aliphatic carbocycles. The fourth-order valence-electron chi connectivity index (χ4n) is 1.28. The number of rotatable bonds is 4. The van der Waals surface area contributed by atoms with E-state index in [1.165, 1.54) is 0 Å². The first-order chi connectivity index (χ1) is 7.84. The van der Waals surface area contributed by atoms with Crippen molar-refractivity contribution in [3.05, 3.63) is 23.8 Å². The number of amides is 1. The lowest BCUT2D eigenvalue weighted by Gasteiger charge is -2.22. The Morgan fingerprint density at radius 3 is 2.29 bits per heavy atom. The van der Waals surface area contributed by atoms with Crippen LogP contribution in [-0.4, -0.2) is 23.5 Å². The molecule has 0 bridgehead atoms. The first-order valence-corrected chi connectivity index (χ1v) is 6.56. The smallest absolute Gasteiger partial charge is 0.251 e. The van der Waals surface area contributed by atoms with Gasteiger partial charge in [0.05, 0.1) is 0 Å². The Morgan fingerprint density at radius 2 is 1.82 bits per heavy atom. The lowest BCUT2D eigenvalue weighted by atomic mass is 10.1. The lowest BCUT2D eigenvalue weighted by molar-refractivity contribution is 0.0951. The van der Waals surface area contributed by atoms with Gasteiger partial charge in [0.25, 0.3) is 5.91 Å². The van der Waals surface area contributed by atoms with E-state index in [1.54, 1.807) is 30.0 Å². The van der Waals surface area contributed by atoms with Gasteiger partial charge in [0.15, 0.2) is 0 Å². The number of thioether (sulfide) groups is 1. The van der Waals surface area contributed by atoms with Crippen molar-refractivity contribution in [2.45, 2.75) is 18.6 Å². The standard InChI is InChI=1S/C12H19N3OS/c1-12(2,17-3)7-15-11(16)8-4-9(13)6-10(14)5-8/h4-6H,7,13-14H2,1-3H3,(H,15,16). The molecule has 0 radical (unpaired) electrons. The minimum absolute atomic E-state index is 0.0154. The first kappa shape index (κ1) is 13.7. The highest BCUT2D eigenvalue weighted by atomic mass is 32.2. The van der Waals surface area contributed by atoms with Crippen LogP contribution in [0.3, 0.4) is 0 Å². The maximum absolute atomic E-state index is 11.9. The van der Waals surface area contributed by atoms with Crippen LogP contribution >= 0.6 is 11.8 Å². The molecule has 1 aromatic carbocycles. The molecule has 5 N–H and O–H groups in total. The summed E-state index contributed by atoms with van der Waals surface area (Å²) < 4.78 is 0.0154. The molecule has 5 heteroatoms. The number of nitrogens with two attached hydrogens (primary N) is 2. The van der Waals surface area contributed by atoms with Crippen molar-refractivity contribution in [3.8, 4) is 0 Å².